The van der Waals surface area contributed by atoms with Crippen molar-refractivity contribution in [3.05, 3.63) is 0 Å². The van der Waals surface area contributed by atoms with Gasteiger partial charge in [-0.2, -0.15) is 0 Å². The van der Waals surface area contributed by atoms with E-state index < -0.39 is 5.60 Å². The van der Waals surface area contributed by atoms with Crippen LogP contribution in [0.5, 0.6) is 0 Å². The number of hydrogen-bond donors (Lipinski definition) is 2. The molecule has 0 aliphatic carbocycles. The third-order valence-electron chi connectivity index (χ3n) is 2.87. The van der Waals surface area contributed by atoms with Gasteiger partial charge in [0.05, 0.1) is 6.61 Å². The number of carbonyl (C=O) groups excluding carboxylic acids is 1. The van der Waals surface area contributed by atoms with E-state index in [0.717, 1.165) is 6.54 Å². The molecule has 2 aliphatic rings. The van der Waals surface area contributed by atoms with Crippen LogP contribution in [0.15, 0.2) is 0 Å². The molecule has 2 rings (SSSR count). The van der Waals surface area contributed by atoms with Crippen LogP contribution in [0.3, 0.4) is 0 Å². The second-order valence-electron chi connectivity index (χ2n) is 5.44. The molecule has 0 bridgehead atoms. The minimum absolute atomic E-state index is 0.220. The molecule has 1 spiro atoms. The Balaban J connectivity index is 1.97. The Hall–Kier alpha value is -0.650. The summed E-state index contributed by atoms with van der Waals surface area (Å²) in [6.07, 6.45) is 0. The lowest BCUT2D eigenvalue weighted by Crippen LogP contribution is -2.77. The first-order valence-corrected chi connectivity index (χ1v) is 5.74. The van der Waals surface area contributed by atoms with Gasteiger partial charge in [-0.05, 0) is 20.8 Å². The standard InChI is InChI=1S/C11H20N2O3/c1-10(2,3)16-9(14)8-11(7-13-8)6-12-4-5-15-11/h8,12-13H,4-7H2,1-3H3. The number of nitrogens with one attached hydrogen (secondary N) is 2. The molecule has 2 N–H and O–H groups in total. The minimum atomic E-state index is -0.447. The predicted molar refractivity (Wildman–Crippen MR) is 59.2 cm³/mol. The van der Waals surface area contributed by atoms with Crippen molar-refractivity contribution < 1.29 is 14.3 Å². The number of esters is 1. The molecule has 2 fully saturated rings. The lowest BCUT2D eigenvalue weighted by molar-refractivity contribution is -0.184. The lowest BCUT2D eigenvalue weighted by atomic mass is 9.84. The highest BCUT2D eigenvalue weighted by Crippen LogP contribution is 2.27. The minimum Gasteiger partial charge on any atom is -0.459 e. The van der Waals surface area contributed by atoms with E-state index in [2.05, 4.69) is 10.6 Å². The topological polar surface area (TPSA) is 59.6 Å². The van der Waals surface area contributed by atoms with Crippen LogP contribution in [0.25, 0.3) is 0 Å². The largest absolute Gasteiger partial charge is 0.459 e. The molecule has 92 valence electrons. The van der Waals surface area contributed by atoms with Crippen molar-refractivity contribution in [2.45, 2.75) is 38.0 Å². The lowest BCUT2D eigenvalue weighted by Gasteiger charge is -2.50. The normalized spacial score (nSPS) is 34.6. The van der Waals surface area contributed by atoms with Crippen LogP contribution in [0.4, 0.5) is 0 Å². The van der Waals surface area contributed by atoms with Gasteiger partial charge < -0.3 is 14.8 Å². The Morgan fingerprint density at radius 2 is 2.19 bits per heavy atom. The predicted octanol–water partition coefficient (Wildman–Crippen LogP) is -0.341. The Labute approximate surface area is 95.9 Å². The fourth-order valence-electron chi connectivity index (χ4n) is 2.07. The van der Waals surface area contributed by atoms with Crippen molar-refractivity contribution in [3.63, 3.8) is 0 Å². The van der Waals surface area contributed by atoms with Gasteiger partial charge in [0.2, 0.25) is 0 Å². The van der Waals surface area contributed by atoms with Gasteiger partial charge in [0, 0.05) is 19.6 Å². The summed E-state index contributed by atoms with van der Waals surface area (Å²) in [7, 11) is 0. The van der Waals surface area contributed by atoms with Crippen molar-refractivity contribution in [1.82, 2.24) is 10.6 Å². The van der Waals surface area contributed by atoms with Crippen LogP contribution in [0.1, 0.15) is 20.8 Å². The van der Waals surface area contributed by atoms with Crippen molar-refractivity contribution in [1.29, 1.82) is 0 Å². The number of hydrogen-bond acceptors (Lipinski definition) is 5. The molecule has 0 aromatic heterocycles. The molecule has 2 heterocycles. The molecule has 2 unspecified atom stereocenters. The van der Waals surface area contributed by atoms with Crippen molar-refractivity contribution in [3.8, 4) is 0 Å². The Morgan fingerprint density at radius 1 is 1.44 bits per heavy atom. The molecular weight excluding hydrogens is 208 g/mol. The molecular formula is C11H20N2O3. The molecule has 0 aromatic carbocycles. The maximum absolute atomic E-state index is 11.9. The van der Waals surface area contributed by atoms with Crippen LogP contribution in [0, 0.1) is 0 Å². The van der Waals surface area contributed by atoms with E-state index in [-0.39, 0.29) is 17.6 Å². The van der Waals surface area contributed by atoms with E-state index in [1.165, 1.54) is 0 Å². The van der Waals surface area contributed by atoms with Crippen molar-refractivity contribution >= 4 is 5.97 Å². The van der Waals surface area contributed by atoms with Gasteiger partial charge in [-0.25, -0.2) is 0 Å². The smallest absolute Gasteiger partial charge is 0.326 e. The van der Waals surface area contributed by atoms with Gasteiger partial charge in [-0.1, -0.05) is 0 Å². The molecule has 0 aromatic rings. The van der Waals surface area contributed by atoms with Gasteiger partial charge in [0.25, 0.3) is 0 Å². The average Bonchev–Trinajstić information content (AvgIpc) is 2.14. The summed E-state index contributed by atoms with van der Waals surface area (Å²) in [5, 5.41) is 6.34. The summed E-state index contributed by atoms with van der Waals surface area (Å²) in [6, 6.07) is -0.334. The highest BCUT2D eigenvalue weighted by atomic mass is 16.6. The third-order valence-corrected chi connectivity index (χ3v) is 2.87. The zero-order valence-electron chi connectivity index (χ0n) is 10.1. The SMILES string of the molecule is CC(C)(C)OC(=O)C1NCC12CNCCO2. The number of carbonyl (C=O) groups is 1. The number of rotatable bonds is 1. The summed E-state index contributed by atoms with van der Waals surface area (Å²) in [5.41, 5.74) is -0.835. The van der Waals surface area contributed by atoms with Gasteiger partial charge >= 0.3 is 5.97 Å². The van der Waals surface area contributed by atoms with Gasteiger partial charge in [0.1, 0.15) is 17.2 Å². The molecule has 0 amide bonds. The summed E-state index contributed by atoms with van der Waals surface area (Å²) in [4.78, 5) is 11.9. The van der Waals surface area contributed by atoms with E-state index >= 15 is 0 Å². The van der Waals surface area contributed by atoms with Crippen LogP contribution in [0.2, 0.25) is 0 Å². The fraction of sp³-hybridized carbons (Fsp3) is 0.909. The van der Waals surface area contributed by atoms with Gasteiger partial charge in [-0.3, -0.25) is 10.1 Å². The van der Waals surface area contributed by atoms with Crippen LogP contribution < -0.4 is 10.6 Å². The summed E-state index contributed by atoms with van der Waals surface area (Å²) >= 11 is 0. The first-order valence-electron chi connectivity index (χ1n) is 5.74. The first-order chi connectivity index (χ1) is 7.43. The number of ether oxygens (including phenoxy) is 2. The second kappa shape index (κ2) is 3.98. The maximum Gasteiger partial charge on any atom is 0.326 e. The van der Waals surface area contributed by atoms with Crippen molar-refractivity contribution in [2.75, 3.05) is 26.2 Å². The van der Waals surface area contributed by atoms with Crippen LogP contribution >= 0.6 is 0 Å². The number of morpholine rings is 1. The van der Waals surface area contributed by atoms with E-state index in [0.29, 0.717) is 19.7 Å². The maximum atomic E-state index is 11.9. The van der Waals surface area contributed by atoms with E-state index in [1.807, 2.05) is 20.8 Å². The molecule has 16 heavy (non-hydrogen) atoms. The van der Waals surface area contributed by atoms with Gasteiger partial charge in [0.15, 0.2) is 0 Å². The van der Waals surface area contributed by atoms with Crippen LogP contribution in [-0.4, -0.2) is 49.5 Å². The van der Waals surface area contributed by atoms with E-state index in [4.69, 9.17) is 9.47 Å². The molecule has 5 nitrogen and oxygen atoms in total. The average molecular weight is 228 g/mol. The molecule has 2 saturated heterocycles. The second-order valence-corrected chi connectivity index (χ2v) is 5.44. The summed E-state index contributed by atoms with van der Waals surface area (Å²) < 4.78 is 11.1. The molecule has 0 radical (unpaired) electrons. The van der Waals surface area contributed by atoms with E-state index in [1.54, 1.807) is 0 Å². The highest BCUT2D eigenvalue weighted by Gasteiger charge is 2.54. The quantitative estimate of drug-likeness (QED) is 0.601. The Morgan fingerprint density at radius 3 is 2.62 bits per heavy atom. The third kappa shape index (κ3) is 2.21. The first kappa shape index (κ1) is 11.8. The summed E-state index contributed by atoms with van der Waals surface area (Å²) in [6.45, 7) is 8.54. The zero-order valence-corrected chi connectivity index (χ0v) is 10.1. The molecule has 0 saturated carbocycles. The highest BCUT2D eigenvalue weighted by molar-refractivity contribution is 5.79. The summed E-state index contributed by atoms with van der Waals surface area (Å²) in [5.74, 6) is -0.220. The van der Waals surface area contributed by atoms with Crippen molar-refractivity contribution in [2.24, 2.45) is 0 Å². The monoisotopic (exact) mass is 228 g/mol. The Bertz CT molecular complexity index is 279. The van der Waals surface area contributed by atoms with Crippen LogP contribution in [-0.2, 0) is 14.3 Å². The van der Waals surface area contributed by atoms with E-state index in [9.17, 15) is 4.79 Å². The Kier molecular flexibility index (Phi) is 2.94. The molecule has 2 atom stereocenters. The van der Waals surface area contributed by atoms with Gasteiger partial charge in [-0.15, -0.1) is 0 Å². The zero-order chi connectivity index (χ0) is 11.8. The molecule has 5 heteroatoms. The fourth-order valence-corrected chi connectivity index (χ4v) is 2.07. The molecule has 2 aliphatic heterocycles.